The van der Waals surface area contributed by atoms with E-state index in [9.17, 15) is 4.79 Å². The van der Waals surface area contributed by atoms with Crippen LogP contribution >= 0.6 is 11.8 Å². The zero-order valence-corrected chi connectivity index (χ0v) is 8.70. The molecule has 0 aliphatic rings. The van der Waals surface area contributed by atoms with E-state index in [1.165, 1.54) is 11.8 Å². The molecule has 2 atom stereocenters. The Hall–Kier alpha value is -1.00. The van der Waals surface area contributed by atoms with Gasteiger partial charge in [-0.05, 0) is 12.1 Å². The van der Waals surface area contributed by atoms with Gasteiger partial charge in [-0.15, -0.1) is 11.8 Å². The maximum absolute atomic E-state index is 10.6. The summed E-state index contributed by atoms with van der Waals surface area (Å²) in [6.45, 7) is 1.82. The first kappa shape index (κ1) is 11.1. The smallest absolute Gasteiger partial charge is 0.321 e. The van der Waals surface area contributed by atoms with Crippen molar-refractivity contribution >= 4 is 17.7 Å². The molecule has 2 unspecified atom stereocenters. The zero-order chi connectivity index (χ0) is 10.6. The molecule has 4 heteroatoms. The quantitative estimate of drug-likeness (QED) is 0.742. The van der Waals surface area contributed by atoms with Crippen LogP contribution in [0, 0.1) is 0 Å². The molecule has 0 aliphatic carbocycles. The van der Waals surface area contributed by atoms with Crippen molar-refractivity contribution < 1.29 is 9.90 Å². The molecule has 0 fully saturated rings. The third-order valence-electron chi connectivity index (χ3n) is 1.86. The Bertz CT molecular complexity index is 302. The fourth-order valence-corrected chi connectivity index (χ4v) is 1.99. The number of benzene rings is 1. The summed E-state index contributed by atoms with van der Waals surface area (Å²) >= 11 is 1.47. The second-order valence-corrected chi connectivity index (χ2v) is 4.45. The molecule has 76 valence electrons. The van der Waals surface area contributed by atoms with Crippen molar-refractivity contribution in [3.63, 3.8) is 0 Å². The van der Waals surface area contributed by atoms with Crippen molar-refractivity contribution in [1.82, 2.24) is 0 Å². The minimum absolute atomic E-state index is 0.130. The lowest BCUT2D eigenvalue weighted by Gasteiger charge is -2.14. The first-order valence-electron chi connectivity index (χ1n) is 4.31. The maximum Gasteiger partial charge on any atom is 0.321 e. The maximum atomic E-state index is 10.6. The predicted molar refractivity (Wildman–Crippen MR) is 57.4 cm³/mol. The van der Waals surface area contributed by atoms with Gasteiger partial charge in [-0.1, -0.05) is 25.1 Å². The molecule has 0 saturated heterocycles. The molecule has 0 bridgehead atoms. The first-order valence-corrected chi connectivity index (χ1v) is 5.19. The van der Waals surface area contributed by atoms with Crippen LogP contribution < -0.4 is 5.73 Å². The summed E-state index contributed by atoms with van der Waals surface area (Å²) < 4.78 is 0. The normalized spacial score (nSPS) is 14.7. The molecule has 1 rings (SSSR count). The fraction of sp³-hybridized carbons (Fsp3) is 0.300. The van der Waals surface area contributed by atoms with Gasteiger partial charge < -0.3 is 10.8 Å². The molecular formula is C10H13NO2S. The van der Waals surface area contributed by atoms with E-state index in [4.69, 9.17) is 10.8 Å². The molecular weight excluding hydrogens is 198 g/mol. The summed E-state index contributed by atoms with van der Waals surface area (Å²) in [5.74, 6) is -0.957. The van der Waals surface area contributed by atoms with Crippen LogP contribution in [-0.2, 0) is 4.79 Å². The van der Waals surface area contributed by atoms with Gasteiger partial charge in [-0.25, -0.2) is 0 Å². The van der Waals surface area contributed by atoms with E-state index < -0.39 is 12.0 Å². The predicted octanol–water partition coefficient (Wildman–Crippen LogP) is 1.58. The molecule has 0 aliphatic heterocycles. The number of thioether (sulfide) groups is 1. The topological polar surface area (TPSA) is 63.3 Å². The molecule has 1 aromatic rings. The molecule has 0 heterocycles. The molecule has 0 radical (unpaired) electrons. The average Bonchev–Trinajstić information content (AvgIpc) is 2.18. The molecule has 14 heavy (non-hydrogen) atoms. The number of carboxylic acids is 1. The van der Waals surface area contributed by atoms with E-state index in [0.717, 1.165) is 4.90 Å². The van der Waals surface area contributed by atoms with E-state index in [1.54, 1.807) is 0 Å². The van der Waals surface area contributed by atoms with Gasteiger partial charge in [0.15, 0.2) is 0 Å². The Morgan fingerprint density at radius 3 is 2.50 bits per heavy atom. The summed E-state index contributed by atoms with van der Waals surface area (Å²) in [6.07, 6.45) is 0. The molecule has 3 nitrogen and oxygen atoms in total. The summed E-state index contributed by atoms with van der Waals surface area (Å²) in [5.41, 5.74) is 5.49. The van der Waals surface area contributed by atoms with Crippen molar-refractivity contribution in [3.05, 3.63) is 30.3 Å². The monoisotopic (exact) mass is 211 g/mol. The second-order valence-electron chi connectivity index (χ2n) is 3.00. The van der Waals surface area contributed by atoms with Crippen molar-refractivity contribution in [2.45, 2.75) is 23.1 Å². The van der Waals surface area contributed by atoms with Crippen LogP contribution in [0.1, 0.15) is 6.92 Å². The van der Waals surface area contributed by atoms with E-state index in [2.05, 4.69) is 0 Å². The lowest BCUT2D eigenvalue weighted by molar-refractivity contribution is -0.138. The van der Waals surface area contributed by atoms with Gasteiger partial charge in [-0.2, -0.15) is 0 Å². The first-order chi connectivity index (χ1) is 6.61. The number of nitrogens with two attached hydrogens (primary N) is 1. The van der Waals surface area contributed by atoms with Crippen LogP contribution in [0.25, 0.3) is 0 Å². The third-order valence-corrected chi connectivity index (χ3v) is 3.07. The van der Waals surface area contributed by atoms with Crippen LogP contribution in [0.3, 0.4) is 0 Å². The van der Waals surface area contributed by atoms with E-state index >= 15 is 0 Å². The van der Waals surface area contributed by atoms with Gasteiger partial charge in [0.05, 0.1) is 0 Å². The van der Waals surface area contributed by atoms with Gasteiger partial charge in [0.1, 0.15) is 6.04 Å². The van der Waals surface area contributed by atoms with Crippen molar-refractivity contribution in [3.8, 4) is 0 Å². The Balaban J connectivity index is 2.57. The Kier molecular flexibility index (Phi) is 3.98. The number of aliphatic carboxylic acids is 1. The molecule has 3 N–H and O–H groups in total. The zero-order valence-electron chi connectivity index (χ0n) is 7.88. The number of hydrogen-bond donors (Lipinski definition) is 2. The lowest BCUT2D eigenvalue weighted by Crippen LogP contribution is -2.38. The number of rotatable bonds is 4. The van der Waals surface area contributed by atoms with E-state index in [-0.39, 0.29) is 5.25 Å². The van der Waals surface area contributed by atoms with Crippen LogP contribution in [0.2, 0.25) is 0 Å². The Morgan fingerprint density at radius 2 is 2.00 bits per heavy atom. The molecule has 0 saturated carbocycles. The second kappa shape index (κ2) is 5.02. The number of carboxylic acid groups (broad SMARTS) is 1. The van der Waals surface area contributed by atoms with Gasteiger partial charge in [-0.3, -0.25) is 4.79 Å². The Morgan fingerprint density at radius 1 is 1.43 bits per heavy atom. The highest BCUT2D eigenvalue weighted by Crippen LogP contribution is 2.23. The van der Waals surface area contributed by atoms with Crippen molar-refractivity contribution in [2.75, 3.05) is 0 Å². The van der Waals surface area contributed by atoms with Crippen LogP contribution in [-0.4, -0.2) is 22.4 Å². The highest BCUT2D eigenvalue weighted by molar-refractivity contribution is 8.00. The Labute approximate surface area is 87.3 Å². The van der Waals surface area contributed by atoms with Crippen molar-refractivity contribution in [1.29, 1.82) is 0 Å². The van der Waals surface area contributed by atoms with Crippen molar-refractivity contribution in [2.24, 2.45) is 5.73 Å². The van der Waals surface area contributed by atoms with Gasteiger partial charge >= 0.3 is 5.97 Å². The third kappa shape index (κ3) is 3.05. The van der Waals surface area contributed by atoms with Crippen LogP contribution in [0.15, 0.2) is 35.2 Å². The van der Waals surface area contributed by atoms with Gasteiger partial charge in [0.25, 0.3) is 0 Å². The SMILES string of the molecule is CC(Sc1ccccc1)C(N)C(=O)O. The van der Waals surface area contributed by atoms with Gasteiger partial charge in [0.2, 0.25) is 0 Å². The minimum atomic E-state index is -0.957. The highest BCUT2D eigenvalue weighted by atomic mass is 32.2. The fourth-order valence-electron chi connectivity index (χ4n) is 0.988. The number of hydrogen-bond acceptors (Lipinski definition) is 3. The number of carbonyl (C=O) groups is 1. The summed E-state index contributed by atoms with van der Waals surface area (Å²) in [5, 5.41) is 8.56. The minimum Gasteiger partial charge on any atom is -0.480 e. The van der Waals surface area contributed by atoms with Gasteiger partial charge in [0, 0.05) is 10.1 Å². The highest BCUT2D eigenvalue weighted by Gasteiger charge is 2.20. The average molecular weight is 211 g/mol. The van der Waals surface area contributed by atoms with Crippen LogP contribution in [0.4, 0.5) is 0 Å². The van der Waals surface area contributed by atoms with E-state index in [1.807, 2.05) is 37.3 Å². The van der Waals surface area contributed by atoms with Crippen LogP contribution in [0.5, 0.6) is 0 Å². The summed E-state index contributed by atoms with van der Waals surface area (Å²) in [7, 11) is 0. The molecule has 0 spiro atoms. The van der Waals surface area contributed by atoms with E-state index in [0.29, 0.717) is 0 Å². The molecule has 0 amide bonds. The largest absolute Gasteiger partial charge is 0.480 e. The summed E-state index contributed by atoms with van der Waals surface area (Å²) in [6, 6.07) is 8.82. The molecule has 1 aromatic carbocycles. The summed E-state index contributed by atoms with van der Waals surface area (Å²) in [4.78, 5) is 11.6. The standard InChI is InChI=1S/C10H13NO2S/c1-7(9(11)10(12)13)14-8-5-3-2-4-6-8/h2-7,9H,11H2,1H3,(H,12,13). The lowest BCUT2D eigenvalue weighted by atomic mass is 10.2. The molecule has 0 aromatic heterocycles.